The summed E-state index contributed by atoms with van der Waals surface area (Å²) in [6.45, 7) is 3.97. The fourth-order valence-corrected chi connectivity index (χ4v) is 3.85. The lowest BCUT2D eigenvalue weighted by atomic mass is 9.99. The highest BCUT2D eigenvalue weighted by Gasteiger charge is 2.39. The van der Waals surface area contributed by atoms with Gasteiger partial charge in [0.25, 0.3) is 0 Å². The van der Waals surface area contributed by atoms with Crippen LogP contribution in [-0.2, 0) is 16.0 Å². The number of ether oxygens (including phenoxy) is 1. The van der Waals surface area contributed by atoms with E-state index in [1.54, 1.807) is 11.8 Å². The molecule has 1 saturated carbocycles. The summed E-state index contributed by atoms with van der Waals surface area (Å²) in [5.74, 6) is 1.53. The number of carbonyl (C=O) groups is 1. The Balaban J connectivity index is 1.86. The molecule has 1 aromatic heterocycles. The van der Waals surface area contributed by atoms with E-state index >= 15 is 0 Å². The van der Waals surface area contributed by atoms with Crippen molar-refractivity contribution >= 4 is 29.3 Å². The molecule has 20 heavy (non-hydrogen) atoms. The maximum atomic E-state index is 12.0. The Morgan fingerprint density at radius 2 is 2.35 bits per heavy atom. The highest BCUT2D eigenvalue weighted by Crippen LogP contribution is 2.28. The fourth-order valence-electron chi connectivity index (χ4n) is 1.92. The van der Waals surface area contributed by atoms with Crippen LogP contribution in [0.25, 0.3) is 0 Å². The number of aryl methyl sites for hydroxylation is 1. The Kier molecular flexibility index (Phi) is 5.40. The Morgan fingerprint density at radius 1 is 1.60 bits per heavy atom. The first-order chi connectivity index (χ1) is 9.57. The van der Waals surface area contributed by atoms with E-state index in [4.69, 9.17) is 4.74 Å². The zero-order chi connectivity index (χ0) is 14.6. The second-order valence-electron chi connectivity index (χ2n) is 5.17. The van der Waals surface area contributed by atoms with Gasteiger partial charge >= 0.3 is 5.97 Å². The van der Waals surface area contributed by atoms with Crippen LogP contribution in [0.5, 0.6) is 0 Å². The van der Waals surface area contributed by atoms with Crippen LogP contribution >= 0.6 is 23.3 Å². The molecule has 0 spiro atoms. The number of thioether (sulfide) groups is 1. The van der Waals surface area contributed by atoms with Crippen LogP contribution in [0.4, 0.5) is 0 Å². The number of hydrogen-bond acceptors (Lipinski definition) is 7. The Bertz CT molecular complexity index is 462. The third-order valence-corrected chi connectivity index (χ3v) is 5.20. The van der Waals surface area contributed by atoms with Gasteiger partial charge in [0.05, 0.1) is 7.11 Å². The van der Waals surface area contributed by atoms with Gasteiger partial charge in [0.2, 0.25) is 0 Å². The van der Waals surface area contributed by atoms with Crippen molar-refractivity contribution in [3.8, 4) is 0 Å². The number of esters is 1. The van der Waals surface area contributed by atoms with Gasteiger partial charge in [-0.05, 0) is 37.7 Å². The lowest BCUT2D eigenvalue weighted by Gasteiger charge is -2.27. The van der Waals surface area contributed by atoms with Crippen molar-refractivity contribution in [2.75, 3.05) is 12.9 Å². The van der Waals surface area contributed by atoms with Gasteiger partial charge in [-0.15, -0.1) is 0 Å². The third-order valence-electron chi connectivity index (χ3n) is 3.33. The number of hydrogen-bond donors (Lipinski definition) is 1. The molecule has 7 heteroatoms. The minimum absolute atomic E-state index is 0.184. The minimum atomic E-state index is -0.596. The van der Waals surface area contributed by atoms with E-state index in [0.29, 0.717) is 6.04 Å². The van der Waals surface area contributed by atoms with Gasteiger partial charge in [0.15, 0.2) is 4.34 Å². The van der Waals surface area contributed by atoms with Gasteiger partial charge in [-0.3, -0.25) is 10.1 Å². The molecule has 0 aromatic carbocycles. The molecule has 0 radical (unpaired) electrons. The normalized spacial score (nSPS) is 17.8. The standard InChI is InChI=1S/C13H21N3O2S2/c1-4-10-14-12(20-16-10)19-8-7-13(2,11(17)18-3)15-9-5-6-9/h9,15H,4-8H2,1-3H3. The van der Waals surface area contributed by atoms with E-state index in [1.165, 1.54) is 18.6 Å². The van der Waals surface area contributed by atoms with Gasteiger partial charge in [0.1, 0.15) is 11.4 Å². The molecule has 5 nitrogen and oxygen atoms in total. The fraction of sp³-hybridized carbons (Fsp3) is 0.769. The van der Waals surface area contributed by atoms with Crippen molar-refractivity contribution in [3.05, 3.63) is 5.82 Å². The number of carbonyl (C=O) groups excluding carboxylic acids is 1. The summed E-state index contributed by atoms with van der Waals surface area (Å²) in [5.41, 5.74) is -0.596. The lowest BCUT2D eigenvalue weighted by molar-refractivity contribution is -0.148. The Labute approximate surface area is 128 Å². The topological polar surface area (TPSA) is 64.1 Å². The van der Waals surface area contributed by atoms with E-state index < -0.39 is 5.54 Å². The van der Waals surface area contributed by atoms with Crippen molar-refractivity contribution in [2.45, 2.75) is 55.5 Å². The van der Waals surface area contributed by atoms with Crippen molar-refractivity contribution in [2.24, 2.45) is 0 Å². The molecule has 0 saturated heterocycles. The first kappa shape index (κ1) is 15.7. The predicted octanol–water partition coefficient (Wildman–Crippen LogP) is 2.27. The molecule has 1 unspecified atom stereocenters. The summed E-state index contributed by atoms with van der Waals surface area (Å²) in [4.78, 5) is 16.4. The van der Waals surface area contributed by atoms with Gasteiger partial charge < -0.3 is 4.74 Å². The smallest absolute Gasteiger partial charge is 0.325 e. The van der Waals surface area contributed by atoms with Crippen molar-refractivity contribution in [1.82, 2.24) is 14.7 Å². The van der Waals surface area contributed by atoms with Gasteiger partial charge in [-0.1, -0.05) is 18.7 Å². The molecular formula is C13H21N3O2S2. The van der Waals surface area contributed by atoms with Crippen molar-refractivity contribution in [1.29, 1.82) is 0 Å². The van der Waals surface area contributed by atoms with E-state index in [0.717, 1.165) is 41.6 Å². The van der Waals surface area contributed by atoms with Crippen LogP contribution in [0.2, 0.25) is 0 Å². The van der Waals surface area contributed by atoms with Gasteiger partial charge in [-0.25, -0.2) is 4.98 Å². The Morgan fingerprint density at radius 3 is 2.90 bits per heavy atom. The highest BCUT2D eigenvalue weighted by atomic mass is 32.2. The van der Waals surface area contributed by atoms with E-state index in [9.17, 15) is 4.79 Å². The monoisotopic (exact) mass is 315 g/mol. The molecule has 112 valence electrons. The van der Waals surface area contributed by atoms with Crippen LogP contribution in [0, 0.1) is 0 Å². The third kappa shape index (κ3) is 4.17. The van der Waals surface area contributed by atoms with Crippen molar-refractivity contribution in [3.63, 3.8) is 0 Å². The van der Waals surface area contributed by atoms with Crippen LogP contribution in [0.3, 0.4) is 0 Å². The van der Waals surface area contributed by atoms with E-state index in [1.807, 2.05) is 13.8 Å². The molecule has 2 rings (SSSR count). The second-order valence-corrected chi connectivity index (χ2v) is 7.26. The van der Waals surface area contributed by atoms with Crippen LogP contribution in [0.1, 0.15) is 38.9 Å². The highest BCUT2D eigenvalue weighted by molar-refractivity contribution is 8.00. The summed E-state index contributed by atoms with van der Waals surface area (Å²) >= 11 is 3.09. The average molecular weight is 315 g/mol. The summed E-state index contributed by atoms with van der Waals surface area (Å²) in [5, 5.41) is 3.40. The second kappa shape index (κ2) is 6.87. The van der Waals surface area contributed by atoms with Crippen LogP contribution in [-0.4, -0.2) is 39.8 Å². The van der Waals surface area contributed by atoms with Gasteiger partial charge in [0, 0.05) is 18.2 Å². The molecule has 1 atom stereocenters. The number of nitrogens with one attached hydrogen (secondary N) is 1. The first-order valence-corrected chi connectivity index (χ1v) is 8.65. The number of rotatable bonds is 8. The molecular weight excluding hydrogens is 294 g/mol. The lowest BCUT2D eigenvalue weighted by Crippen LogP contribution is -2.51. The van der Waals surface area contributed by atoms with E-state index in [-0.39, 0.29) is 5.97 Å². The maximum Gasteiger partial charge on any atom is 0.325 e. The van der Waals surface area contributed by atoms with Crippen LogP contribution in [0.15, 0.2) is 4.34 Å². The molecule has 0 bridgehead atoms. The number of aromatic nitrogens is 2. The largest absolute Gasteiger partial charge is 0.468 e. The predicted molar refractivity (Wildman–Crippen MR) is 81.2 cm³/mol. The zero-order valence-corrected chi connectivity index (χ0v) is 13.8. The molecule has 0 amide bonds. The molecule has 1 N–H and O–H groups in total. The number of methoxy groups -OCH3 is 1. The van der Waals surface area contributed by atoms with E-state index in [2.05, 4.69) is 14.7 Å². The quantitative estimate of drug-likeness (QED) is 0.586. The SMILES string of the molecule is CCc1nsc(SCCC(C)(NC2CC2)C(=O)OC)n1. The maximum absolute atomic E-state index is 12.0. The first-order valence-electron chi connectivity index (χ1n) is 6.89. The minimum Gasteiger partial charge on any atom is -0.468 e. The summed E-state index contributed by atoms with van der Waals surface area (Å²) in [6.07, 6.45) is 3.88. The Hall–Kier alpha value is -0.660. The molecule has 1 aliphatic carbocycles. The summed E-state index contributed by atoms with van der Waals surface area (Å²) in [6, 6.07) is 0.470. The van der Waals surface area contributed by atoms with Crippen LogP contribution < -0.4 is 5.32 Å². The molecule has 0 aliphatic heterocycles. The molecule has 1 heterocycles. The van der Waals surface area contributed by atoms with Gasteiger partial charge in [-0.2, -0.15) is 4.37 Å². The molecule has 1 aromatic rings. The number of nitrogens with zero attached hydrogens (tertiary/aromatic N) is 2. The summed E-state index contributed by atoms with van der Waals surface area (Å²) in [7, 11) is 1.45. The summed E-state index contributed by atoms with van der Waals surface area (Å²) < 4.78 is 10.2. The molecule has 1 fully saturated rings. The van der Waals surface area contributed by atoms with Crippen molar-refractivity contribution < 1.29 is 9.53 Å². The average Bonchev–Trinajstić information content (AvgIpc) is 3.13. The molecule has 1 aliphatic rings. The zero-order valence-electron chi connectivity index (χ0n) is 12.1.